The third kappa shape index (κ3) is 4.70. The molecule has 0 spiro atoms. The van der Waals surface area contributed by atoms with Crippen molar-refractivity contribution in [3.8, 4) is 17.1 Å². The lowest BCUT2D eigenvalue weighted by atomic mass is 9.94. The van der Waals surface area contributed by atoms with Crippen molar-refractivity contribution >= 4 is 17.3 Å². The first-order valence-corrected chi connectivity index (χ1v) is 12.1. The number of anilines is 1. The highest BCUT2D eigenvalue weighted by Crippen LogP contribution is 2.39. The van der Waals surface area contributed by atoms with Gasteiger partial charge in [0.1, 0.15) is 11.6 Å². The number of halogens is 1. The lowest BCUT2D eigenvalue weighted by Gasteiger charge is -2.35. The normalized spacial score (nSPS) is 15.6. The first kappa shape index (κ1) is 24.2. The van der Waals surface area contributed by atoms with Gasteiger partial charge in [0.2, 0.25) is 5.82 Å². The Morgan fingerprint density at radius 2 is 1.76 bits per heavy atom. The summed E-state index contributed by atoms with van der Waals surface area (Å²) in [6, 6.07) is 19.0. The number of amides is 2. The van der Waals surface area contributed by atoms with Gasteiger partial charge in [-0.1, -0.05) is 53.2 Å². The minimum atomic E-state index is -0.568. The molecule has 0 fully saturated rings. The van der Waals surface area contributed by atoms with Gasteiger partial charge in [-0.25, -0.2) is 9.18 Å². The average molecular weight is 499 g/mol. The Labute approximate surface area is 214 Å². The summed E-state index contributed by atoms with van der Waals surface area (Å²) in [5, 5.41) is 7.24. The largest absolute Gasteiger partial charge is 0.494 e. The lowest BCUT2D eigenvalue weighted by molar-refractivity contribution is 0.244. The van der Waals surface area contributed by atoms with E-state index in [0.717, 1.165) is 22.4 Å². The molecule has 2 heterocycles. The number of benzene rings is 3. The Hall–Kier alpha value is -4.46. The fourth-order valence-corrected chi connectivity index (χ4v) is 4.38. The predicted octanol–water partition coefficient (Wildman–Crippen LogP) is 6.59. The van der Waals surface area contributed by atoms with Crippen LogP contribution in [0.2, 0.25) is 0 Å². The molecule has 188 valence electrons. The summed E-state index contributed by atoms with van der Waals surface area (Å²) in [4.78, 5) is 19.5. The van der Waals surface area contributed by atoms with Gasteiger partial charge in [-0.05, 0) is 63.1 Å². The van der Waals surface area contributed by atoms with Gasteiger partial charge in [0.05, 0.1) is 23.9 Å². The van der Waals surface area contributed by atoms with Crippen LogP contribution in [0.25, 0.3) is 17.0 Å². The zero-order valence-electron chi connectivity index (χ0n) is 21.1. The topological polar surface area (TPSA) is 80.5 Å². The van der Waals surface area contributed by atoms with Crippen LogP contribution < -0.4 is 15.0 Å². The second-order valence-corrected chi connectivity index (χ2v) is 8.94. The van der Waals surface area contributed by atoms with Crippen molar-refractivity contribution in [1.82, 2.24) is 15.5 Å². The zero-order valence-corrected chi connectivity index (χ0v) is 21.1. The van der Waals surface area contributed by atoms with Crippen LogP contribution in [-0.4, -0.2) is 22.8 Å². The Bertz CT molecular complexity index is 1480. The SMILES string of the molecule is CCOc1ccc(C2NC(=O)N(c3ccc(C)c(F)c3)C(C)=C2c2nc(-c3ccc(C)cc3)no2)cc1. The minimum Gasteiger partial charge on any atom is -0.494 e. The van der Waals surface area contributed by atoms with Crippen LogP contribution in [0.1, 0.15) is 42.5 Å². The van der Waals surface area contributed by atoms with Gasteiger partial charge < -0.3 is 14.6 Å². The van der Waals surface area contributed by atoms with E-state index in [-0.39, 0.29) is 11.9 Å². The molecule has 5 rings (SSSR count). The molecule has 1 atom stereocenters. The lowest BCUT2D eigenvalue weighted by Crippen LogP contribution is -2.46. The van der Waals surface area contributed by atoms with Crippen molar-refractivity contribution < 1.29 is 18.4 Å². The molecule has 3 aromatic carbocycles. The van der Waals surface area contributed by atoms with E-state index in [9.17, 15) is 9.18 Å². The quantitative estimate of drug-likeness (QED) is 0.324. The Balaban J connectivity index is 1.63. The fourth-order valence-electron chi connectivity index (χ4n) is 4.38. The van der Waals surface area contributed by atoms with E-state index < -0.39 is 11.9 Å². The molecule has 1 aliphatic heterocycles. The summed E-state index contributed by atoms with van der Waals surface area (Å²) >= 11 is 0. The minimum absolute atomic E-state index is 0.268. The van der Waals surface area contributed by atoms with E-state index in [1.54, 1.807) is 26.0 Å². The van der Waals surface area contributed by atoms with Crippen molar-refractivity contribution in [2.24, 2.45) is 0 Å². The van der Waals surface area contributed by atoms with Crippen molar-refractivity contribution in [2.75, 3.05) is 11.5 Å². The van der Waals surface area contributed by atoms with Gasteiger partial charge in [-0.2, -0.15) is 4.98 Å². The number of urea groups is 1. The van der Waals surface area contributed by atoms with E-state index in [1.165, 1.54) is 11.0 Å². The number of hydrogen-bond donors (Lipinski definition) is 1. The van der Waals surface area contributed by atoms with Crippen LogP contribution in [0.3, 0.4) is 0 Å². The number of aryl methyl sites for hydroxylation is 2. The highest BCUT2D eigenvalue weighted by Gasteiger charge is 2.36. The molecule has 1 N–H and O–H groups in total. The third-order valence-electron chi connectivity index (χ3n) is 6.39. The van der Waals surface area contributed by atoms with Crippen LogP contribution in [0.5, 0.6) is 5.75 Å². The summed E-state index contributed by atoms with van der Waals surface area (Å²) in [6.45, 7) is 7.95. The second-order valence-electron chi connectivity index (χ2n) is 8.94. The van der Waals surface area contributed by atoms with E-state index >= 15 is 0 Å². The maximum atomic E-state index is 14.4. The molecule has 0 aliphatic carbocycles. The monoisotopic (exact) mass is 498 g/mol. The first-order valence-electron chi connectivity index (χ1n) is 12.1. The fraction of sp³-hybridized carbons (Fsp3) is 0.207. The standard InChI is InChI=1S/C29H27FN4O3/c1-5-36-23-14-11-20(12-15-23)26-25(28-32-27(33-37-28)21-9-6-17(2)7-10-21)19(4)34(29(35)31-26)22-13-8-18(3)24(30)16-22/h6-16,26H,5H2,1-4H3,(H,31,35). The van der Waals surface area contributed by atoms with Crippen LogP contribution in [0.15, 0.2) is 77.0 Å². The smallest absolute Gasteiger partial charge is 0.327 e. The van der Waals surface area contributed by atoms with Crippen LogP contribution >= 0.6 is 0 Å². The molecule has 1 unspecified atom stereocenters. The second kappa shape index (κ2) is 9.89. The van der Waals surface area contributed by atoms with E-state index in [0.29, 0.717) is 35.0 Å². The van der Waals surface area contributed by atoms with Gasteiger partial charge in [0.15, 0.2) is 0 Å². The molecule has 7 nitrogen and oxygen atoms in total. The third-order valence-corrected chi connectivity index (χ3v) is 6.39. The maximum Gasteiger partial charge on any atom is 0.327 e. The average Bonchev–Trinajstić information content (AvgIpc) is 3.36. The number of carbonyl (C=O) groups is 1. The molecule has 0 bridgehead atoms. The van der Waals surface area contributed by atoms with Crippen LogP contribution in [0, 0.1) is 19.7 Å². The number of carbonyl (C=O) groups excluding carboxylic acids is 1. The molecule has 0 saturated carbocycles. The Morgan fingerprint density at radius 1 is 1.03 bits per heavy atom. The number of rotatable bonds is 6. The summed E-state index contributed by atoms with van der Waals surface area (Å²) < 4.78 is 25.8. The molecule has 4 aromatic rings. The summed E-state index contributed by atoms with van der Waals surface area (Å²) in [5.41, 5.74) is 4.83. The van der Waals surface area contributed by atoms with E-state index in [4.69, 9.17) is 9.26 Å². The van der Waals surface area contributed by atoms with Crippen molar-refractivity contribution in [3.63, 3.8) is 0 Å². The summed E-state index contributed by atoms with van der Waals surface area (Å²) in [5.74, 6) is 1.04. The Morgan fingerprint density at radius 3 is 2.43 bits per heavy atom. The molecular formula is C29H27FN4O3. The molecule has 0 radical (unpaired) electrons. The van der Waals surface area contributed by atoms with Gasteiger partial charge in [0.25, 0.3) is 5.89 Å². The summed E-state index contributed by atoms with van der Waals surface area (Å²) in [7, 11) is 0. The molecule has 8 heteroatoms. The molecule has 2 amide bonds. The number of allylic oxidation sites excluding steroid dienone is 1. The zero-order chi connectivity index (χ0) is 26.1. The molecule has 37 heavy (non-hydrogen) atoms. The molecule has 1 aromatic heterocycles. The predicted molar refractivity (Wildman–Crippen MR) is 140 cm³/mol. The highest BCUT2D eigenvalue weighted by molar-refractivity contribution is 6.01. The number of nitrogens with one attached hydrogen (secondary N) is 1. The Kier molecular flexibility index (Phi) is 6.48. The van der Waals surface area contributed by atoms with Gasteiger partial charge in [-0.15, -0.1) is 0 Å². The van der Waals surface area contributed by atoms with Crippen molar-refractivity contribution in [2.45, 2.75) is 33.7 Å². The first-order chi connectivity index (χ1) is 17.9. The molecular weight excluding hydrogens is 471 g/mol. The number of hydrogen-bond acceptors (Lipinski definition) is 5. The van der Waals surface area contributed by atoms with Crippen molar-refractivity contribution in [3.05, 3.63) is 101 Å². The van der Waals surface area contributed by atoms with E-state index in [2.05, 4.69) is 15.5 Å². The molecule has 1 aliphatic rings. The maximum absolute atomic E-state index is 14.4. The number of ether oxygens (including phenoxy) is 1. The van der Waals surface area contributed by atoms with Gasteiger partial charge >= 0.3 is 6.03 Å². The van der Waals surface area contributed by atoms with Crippen LogP contribution in [0.4, 0.5) is 14.9 Å². The van der Waals surface area contributed by atoms with Gasteiger partial charge in [0, 0.05) is 11.3 Å². The summed E-state index contributed by atoms with van der Waals surface area (Å²) in [6.07, 6.45) is 0. The highest BCUT2D eigenvalue weighted by atomic mass is 19.1. The van der Waals surface area contributed by atoms with Crippen LogP contribution in [-0.2, 0) is 0 Å². The van der Waals surface area contributed by atoms with E-state index in [1.807, 2.05) is 62.4 Å². The van der Waals surface area contributed by atoms with Gasteiger partial charge in [-0.3, -0.25) is 4.90 Å². The van der Waals surface area contributed by atoms with Crippen molar-refractivity contribution in [1.29, 1.82) is 0 Å². The number of nitrogens with zero attached hydrogens (tertiary/aromatic N) is 3. The molecule has 0 saturated heterocycles. The number of aromatic nitrogens is 2.